The number of aryl methyl sites for hydroxylation is 2. The van der Waals surface area contributed by atoms with Crippen LogP contribution >= 0.6 is 0 Å². The zero-order valence-corrected chi connectivity index (χ0v) is 13.4. The Morgan fingerprint density at radius 3 is 2.55 bits per heavy atom. The molecule has 0 bridgehead atoms. The third-order valence-electron chi connectivity index (χ3n) is 4.49. The quantitative estimate of drug-likeness (QED) is 0.854. The van der Waals surface area contributed by atoms with E-state index in [2.05, 4.69) is 49.2 Å². The van der Waals surface area contributed by atoms with Crippen molar-refractivity contribution in [3.8, 4) is 0 Å². The van der Waals surface area contributed by atoms with Crippen LogP contribution in [0.1, 0.15) is 42.9 Å². The molecule has 1 aliphatic heterocycles. The molecule has 1 heterocycles. The summed E-state index contributed by atoms with van der Waals surface area (Å²) in [4.78, 5) is 2.65. The minimum absolute atomic E-state index is 0.884. The van der Waals surface area contributed by atoms with Crippen molar-refractivity contribution in [1.29, 1.82) is 0 Å². The molecule has 0 aliphatic carbocycles. The lowest BCUT2D eigenvalue weighted by molar-refractivity contribution is 0.199. The van der Waals surface area contributed by atoms with E-state index in [1.54, 1.807) is 0 Å². The van der Waals surface area contributed by atoms with Gasteiger partial charge in [-0.1, -0.05) is 25.1 Å². The van der Waals surface area contributed by atoms with Crippen LogP contribution in [0.5, 0.6) is 0 Å². The third-order valence-corrected chi connectivity index (χ3v) is 4.49. The highest BCUT2D eigenvalue weighted by Crippen LogP contribution is 2.17. The molecule has 1 aromatic rings. The number of nitrogens with zero attached hydrogens (tertiary/aromatic N) is 1. The summed E-state index contributed by atoms with van der Waals surface area (Å²) in [5, 5.41) is 3.46. The second-order valence-electron chi connectivity index (χ2n) is 6.35. The fourth-order valence-electron chi connectivity index (χ4n) is 3.14. The molecule has 0 saturated carbocycles. The maximum Gasteiger partial charge on any atom is 0.0233 e. The van der Waals surface area contributed by atoms with Gasteiger partial charge in [-0.2, -0.15) is 0 Å². The molecular formula is C18H30N2. The molecule has 0 unspecified atom stereocenters. The molecule has 2 rings (SSSR count). The van der Waals surface area contributed by atoms with Crippen molar-refractivity contribution < 1.29 is 0 Å². The van der Waals surface area contributed by atoms with Crippen molar-refractivity contribution in [1.82, 2.24) is 10.2 Å². The van der Waals surface area contributed by atoms with E-state index in [0.717, 1.165) is 12.5 Å². The van der Waals surface area contributed by atoms with E-state index in [0.29, 0.717) is 0 Å². The summed E-state index contributed by atoms with van der Waals surface area (Å²) in [5.41, 5.74) is 4.28. The van der Waals surface area contributed by atoms with Crippen molar-refractivity contribution in [2.24, 2.45) is 5.92 Å². The zero-order chi connectivity index (χ0) is 14.4. The first-order chi connectivity index (χ1) is 9.69. The summed E-state index contributed by atoms with van der Waals surface area (Å²) in [5.74, 6) is 0.884. The lowest BCUT2D eigenvalue weighted by Crippen LogP contribution is -2.36. The Bertz CT molecular complexity index is 408. The van der Waals surface area contributed by atoms with Crippen molar-refractivity contribution in [2.75, 3.05) is 26.2 Å². The molecule has 1 saturated heterocycles. The average Bonchev–Trinajstić information content (AvgIpc) is 2.44. The Morgan fingerprint density at radius 1 is 1.15 bits per heavy atom. The average molecular weight is 274 g/mol. The second kappa shape index (κ2) is 7.80. The van der Waals surface area contributed by atoms with Gasteiger partial charge in [-0.3, -0.25) is 4.90 Å². The predicted molar refractivity (Wildman–Crippen MR) is 87.1 cm³/mol. The van der Waals surface area contributed by atoms with Crippen LogP contribution in [0.2, 0.25) is 0 Å². The van der Waals surface area contributed by atoms with E-state index in [4.69, 9.17) is 0 Å². The smallest absolute Gasteiger partial charge is 0.0233 e. The van der Waals surface area contributed by atoms with Crippen molar-refractivity contribution >= 4 is 0 Å². The number of nitrogens with one attached hydrogen (secondary N) is 1. The second-order valence-corrected chi connectivity index (χ2v) is 6.35. The number of piperidine rings is 1. The minimum atomic E-state index is 0.884. The van der Waals surface area contributed by atoms with Crippen LogP contribution in [-0.2, 0) is 6.54 Å². The Labute approximate surface area is 124 Å². The van der Waals surface area contributed by atoms with Gasteiger partial charge in [0.1, 0.15) is 0 Å². The van der Waals surface area contributed by atoms with Gasteiger partial charge in [0.2, 0.25) is 0 Å². The van der Waals surface area contributed by atoms with Gasteiger partial charge in [-0.25, -0.2) is 0 Å². The molecule has 0 aromatic heterocycles. The van der Waals surface area contributed by atoms with Crippen LogP contribution in [-0.4, -0.2) is 31.1 Å². The van der Waals surface area contributed by atoms with E-state index in [9.17, 15) is 0 Å². The molecule has 0 radical (unpaired) electrons. The van der Waals surface area contributed by atoms with Crippen LogP contribution in [0.15, 0.2) is 18.2 Å². The Hall–Kier alpha value is -0.860. The first-order valence-corrected chi connectivity index (χ1v) is 8.18. The van der Waals surface area contributed by atoms with Crippen LogP contribution in [0.25, 0.3) is 0 Å². The largest absolute Gasteiger partial charge is 0.317 e. The SMILES string of the molecule is CCCN(Cc1ccc(C)c(C)c1)CC1CCNCC1. The lowest BCUT2D eigenvalue weighted by atomic mass is 9.97. The number of rotatable bonds is 6. The Kier molecular flexibility index (Phi) is 6.06. The molecule has 1 N–H and O–H groups in total. The van der Waals surface area contributed by atoms with E-state index in [1.165, 1.54) is 62.1 Å². The third kappa shape index (κ3) is 4.60. The molecule has 0 amide bonds. The molecule has 2 heteroatoms. The minimum Gasteiger partial charge on any atom is -0.317 e. The normalized spacial score (nSPS) is 16.8. The van der Waals surface area contributed by atoms with Crippen LogP contribution < -0.4 is 5.32 Å². The van der Waals surface area contributed by atoms with Gasteiger partial charge in [0.05, 0.1) is 0 Å². The number of hydrogen-bond donors (Lipinski definition) is 1. The van der Waals surface area contributed by atoms with Gasteiger partial charge >= 0.3 is 0 Å². The highest BCUT2D eigenvalue weighted by molar-refractivity contribution is 5.29. The molecule has 0 spiro atoms. The Morgan fingerprint density at radius 2 is 1.90 bits per heavy atom. The molecule has 1 fully saturated rings. The predicted octanol–water partition coefficient (Wildman–Crippen LogP) is 3.52. The van der Waals surface area contributed by atoms with E-state index in [-0.39, 0.29) is 0 Å². The monoisotopic (exact) mass is 274 g/mol. The first-order valence-electron chi connectivity index (χ1n) is 8.18. The summed E-state index contributed by atoms with van der Waals surface area (Å²) in [6.07, 6.45) is 3.93. The summed E-state index contributed by atoms with van der Waals surface area (Å²) < 4.78 is 0. The van der Waals surface area contributed by atoms with Crippen LogP contribution in [0.3, 0.4) is 0 Å². The van der Waals surface area contributed by atoms with E-state index in [1.807, 2.05) is 0 Å². The summed E-state index contributed by atoms with van der Waals surface area (Å²) in [6.45, 7) is 12.7. The summed E-state index contributed by atoms with van der Waals surface area (Å²) in [7, 11) is 0. The van der Waals surface area contributed by atoms with Crippen LogP contribution in [0, 0.1) is 19.8 Å². The number of hydrogen-bond acceptors (Lipinski definition) is 2. The van der Waals surface area contributed by atoms with Gasteiger partial charge < -0.3 is 5.32 Å². The zero-order valence-electron chi connectivity index (χ0n) is 13.4. The van der Waals surface area contributed by atoms with Gasteiger partial charge in [0, 0.05) is 13.1 Å². The maximum absolute atomic E-state index is 3.46. The highest BCUT2D eigenvalue weighted by atomic mass is 15.1. The molecular weight excluding hydrogens is 244 g/mol. The summed E-state index contributed by atoms with van der Waals surface area (Å²) in [6, 6.07) is 6.92. The van der Waals surface area contributed by atoms with Gasteiger partial charge in [0.25, 0.3) is 0 Å². The highest BCUT2D eigenvalue weighted by Gasteiger charge is 2.16. The molecule has 1 aromatic carbocycles. The fourth-order valence-corrected chi connectivity index (χ4v) is 3.14. The molecule has 112 valence electrons. The molecule has 2 nitrogen and oxygen atoms in total. The molecule has 1 aliphatic rings. The van der Waals surface area contributed by atoms with E-state index >= 15 is 0 Å². The maximum atomic E-state index is 3.46. The molecule has 20 heavy (non-hydrogen) atoms. The van der Waals surface area contributed by atoms with Crippen molar-refractivity contribution in [3.63, 3.8) is 0 Å². The standard InChI is InChI=1S/C18H30N2/c1-4-11-20(13-17-7-9-19-10-8-17)14-18-6-5-15(2)16(3)12-18/h5-6,12,17,19H,4,7-11,13-14H2,1-3H3. The lowest BCUT2D eigenvalue weighted by Gasteiger charge is -2.30. The van der Waals surface area contributed by atoms with Gasteiger partial charge in [0.15, 0.2) is 0 Å². The fraction of sp³-hybridized carbons (Fsp3) is 0.667. The summed E-state index contributed by atoms with van der Waals surface area (Å²) >= 11 is 0. The topological polar surface area (TPSA) is 15.3 Å². The van der Waals surface area contributed by atoms with Crippen molar-refractivity contribution in [3.05, 3.63) is 34.9 Å². The Balaban J connectivity index is 1.94. The van der Waals surface area contributed by atoms with Gasteiger partial charge in [-0.05, 0) is 75.4 Å². The van der Waals surface area contributed by atoms with Crippen molar-refractivity contribution in [2.45, 2.75) is 46.6 Å². The molecule has 0 atom stereocenters. The van der Waals surface area contributed by atoms with Crippen LogP contribution in [0.4, 0.5) is 0 Å². The number of benzene rings is 1. The first kappa shape index (κ1) is 15.5. The van der Waals surface area contributed by atoms with Gasteiger partial charge in [-0.15, -0.1) is 0 Å². The van der Waals surface area contributed by atoms with E-state index < -0.39 is 0 Å².